The van der Waals surface area contributed by atoms with E-state index in [-0.39, 0.29) is 18.4 Å². The summed E-state index contributed by atoms with van der Waals surface area (Å²) < 4.78 is 5.59. The zero-order valence-corrected chi connectivity index (χ0v) is 19.6. The van der Waals surface area contributed by atoms with E-state index < -0.39 is 0 Å². The highest BCUT2D eigenvalue weighted by molar-refractivity contribution is 5.92. The van der Waals surface area contributed by atoms with Gasteiger partial charge in [-0.05, 0) is 53.8 Å². The van der Waals surface area contributed by atoms with Crippen molar-refractivity contribution in [3.05, 3.63) is 54.1 Å². The third-order valence-electron chi connectivity index (χ3n) is 5.65. The van der Waals surface area contributed by atoms with Crippen LogP contribution in [0.1, 0.15) is 45.6 Å². The van der Waals surface area contributed by atoms with Gasteiger partial charge in [0.1, 0.15) is 5.75 Å². The first-order valence-corrected chi connectivity index (χ1v) is 11.5. The lowest BCUT2D eigenvalue weighted by Crippen LogP contribution is -2.49. The third-order valence-corrected chi connectivity index (χ3v) is 5.65. The second-order valence-corrected chi connectivity index (χ2v) is 9.07. The number of anilines is 2. The summed E-state index contributed by atoms with van der Waals surface area (Å²) >= 11 is 0. The molecule has 1 heterocycles. The van der Waals surface area contributed by atoms with Crippen molar-refractivity contribution in [2.24, 2.45) is 5.92 Å². The number of carbonyl (C=O) groups excluding carboxylic acids is 2. The van der Waals surface area contributed by atoms with Gasteiger partial charge in [-0.2, -0.15) is 0 Å². The number of rotatable bonds is 8. The van der Waals surface area contributed by atoms with Gasteiger partial charge in [-0.25, -0.2) is 0 Å². The minimum absolute atomic E-state index is 0.0326. The topological polar surface area (TPSA) is 61.9 Å². The molecule has 0 saturated carbocycles. The molecule has 1 N–H and O–H groups in total. The Hall–Kier alpha value is -3.02. The van der Waals surface area contributed by atoms with Crippen LogP contribution < -0.4 is 15.0 Å². The average molecular weight is 438 g/mol. The van der Waals surface area contributed by atoms with Gasteiger partial charge in [-0.15, -0.1) is 0 Å². The number of ether oxygens (including phenoxy) is 1. The fourth-order valence-corrected chi connectivity index (χ4v) is 3.74. The molecule has 172 valence electrons. The molecule has 1 aliphatic heterocycles. The Kier molecular flexibility index (Phi) is 8.14. The van der Waals surface area contributed by atoms with Gasteiger partial charge in [0.25, 0.3) is 5.91 Å². The van der Waals surface area contributed by atoms with Crippen LogP contribution in [0.4, 0.5) is 11.4 Å². The Balaban J connectivity index is 1.44. The predicted molar refractivity (Wildman–Crippen MR) is 129 cm³/mol. The van der Waals surface area contributed by atoms with Gasteiger partial charge in [0.2, 0.25) is 5.91 Å². The standard InChI is InChI=1S/C26H35N3O3/c1-19(2)17-26(31)29-15-13-28(14-16-29)23-9-7-22(8-10-23)27-25(30)18-32-24-11-5-21(6-12-24)20(3)4/h5-12,19-20H,13-18H2,1-4H3,(H,27,30). The Bertz CT molecular complexity index is 884. The number of carbonyl (C=O) groups is 2. The SMILES string of the molecule is CC(C)CC(=O)N1CCN(c2ccc(NC(=O)COc3ccc(C(C)C)cc3)cc2)CC1. The molecule has 2 aromatic rings. The Morgan fingerprint density at radius 1 is 0.906 bits per heavy atom. The second-order valence-electron chi connectivity index (χ2n) is 9.07. The van der Waals surface area contributed by atoms with E-state index in [1.807, 2.05) is 53.4 Å². The Morgan fingerprint density at radius 2 is 1.53 bits per heavy atom. The maximum Gasteiger partial charge on any atom is 0.262 e. The molecule has 6 nitrogen and oxygen atoms in total. The number of amides is 2. The summed E-state index contributed by atoms with van der Waals surface area (Å²) in [6.07, 6.45) is 0.612. The number of nitrogens with zero attached hydrogens (tertiary/aromatic N) is 2. The van der Waals surface area contributed by atoms with Crippen molar-refractivity contribution in [1.82, 2.24) is 4.90 Å². The number of benzene rings is 2. The van der Waals surface area contributed by atoms with Crippen molar-refractivity contribution in [2.45, 2.75) is 40.0 Å². The molecule has 6 heteroatoms. The molecule has 0 aliphatic carbocycles. The number of hydrogen-bond acceptors (Lipinski definition) is 4. The number of nitrogens with one attached hydrogen (secondary N) is 1. The molecule has 2 aromatic carbocycles. The zero-order valence-electron chi connectivity index (χ0n) is 19.6. The molecular formula is C26H35N3O3. The molecule has 2 amide bonds. The van der Waals surface area contributed by atoms with Crippen LogP contribution in [0.15, 0.2) is 48.5 Å². The van der Waals surface area contributed by atoms with Gasteiger partial charge in [-0.3, -0.25) is 9.59 Å². The molecule has 1 fully saturated rings. The smallest absolute Gasteiger partial charge is 0.262 e. The first-order valence-electron chi connectivity index (χ1n) is 11.5. The Morgan fingerprint density at radius 3 is 2.09 bits per heavy atom. The van der Waals surface area contributed by atoms with E-state index in [9.17, 15) is 9.59 Å². The summed E-state index contributed by atoms with van der Waals surface area (Å²) in [5, 5.41) is 2.88. The maximum absolute atomic E-state index is 12.2. The molecule has 0 bridgehead atoms. The van der Waals surface area contributed by atoms with Crippen LogP contribution in [0, 0.1) is 5.92 Å². The van der Waals surface area contributed by atoms with Crippen LogP contribution in [0.3, 0.4) is 0 Å². The van der Waals surface area contributed by atoms with Crippen LogP contribution >= 0.6 is 0 Å². The average Bonchev–Trinajstić information content (AvgIpc) is 2.78. The van der Waals surface area contributed by atoms with Crippen molar-refractivity contribution in [2.75, 3.05) is 43.0 Å². The summed E-state index contributed by atoms with van der Waals surface area (Å²) in [7, 11) is 0. The van der Waals surface area contributed by atoms with Crippen molar-refractivity contribution in [3.8, 4) is 5.75 Å². The second kappa shape index (κ2) is 11.0. The fourth-order valence-electron chi connectivity index (χ4n) is 3.74. The van der Waals surface area contributed by atoms with E-state index in [0.29, 0.717) is 24.0 Å². The lowest BCUT2D eigenvalue weighted by Gasteiger charge is -2.36. The normalized spacial score (nSPS) is 14.1. The fraction of sp³-hybridized carbons (Fsp3) is 0.462. The van der Waals surface area contributed by atoms with Crippen molar-refractivity contribution in [3.63, 3.8) is 0 Å². The maximum atomic E-state index is 12.2. The van der Waals surface area contributed by atoms with E-state index in [4.69, 9.17) is 4.74 Å². The third kappa shape index (κ3) is 6.74. The molecule has 0 radical (unpaired) electrons. The van der Waals surface area contributed by atoms with Crippen molar-refractivity contribution < 1.29 is 14.3 Å². The largest absolute Gasteiger partial charge is 0.484 e. The first kappa shape index (κ1) is 23.6. The number of hydrogen-bond donors (Lipinski definition) is 1. The molecule has 32 heavy (non-hydrogen) atoms. The van der Waals surface area contributed by atoms with Crippen LogP contribution in [-0.2, 0) is 9.59 Å². The van der Waals surface area contributed by atoms with Gasteiger partial charge in [0, 0.05) is 44.0 Å². The van der Waals surface area contributed by atoms with E-state index in [1.165, 1.54) is 5.56 Å². The van der Waals surface area contributed by atoms with Gasteiger partial charge >= 0.3 is 0 Å². The van der Waals surface area contributed by atoms with Gasteiger partial charge in [0.15, 0.2) is 6.61 Å². The highest BCUT2D eigenvalue weighted by Crippen LogP contribution is 2.21. The molecule has 1 saturated heterocycles. The summed E-state index contributed by atoms with van der Waals surface area (Å²) in [5.74, 6) is 1.59. The molecule has 1 aliphatic rings. The summed E-state index contributed by atoms with van der Waals surface area (Å²) in [4.78, 5) is 28.7. The first-order chi connectivity index (χ1) is 15.3. The van der Waals surface area contributed by atoms with E-state index in [2.05, 4.69) is 37.9 Å². The minimum Gasteiger partial charge on any atom is -0.484 e. The highest BCUT2D eigenvalue weighted by atomic mass is 16.5. The lowest BCUT2D eigenvalue weighted by atomic mass is 10.0. The van der Waals surface area contributed by atoms with Crippen LogP contribution in [-0.4, -0.2) is 49.5 Å². The molecule has 0 spiro atoms. The summed E-state index contributed by atoms with van der Waals surface area (Å²) in [6.45, 7) is 11.5. The predicted octanol–water partition coefficient (Wildman–Crippen LogP) is 4.52. The number of piperazine rings is 1. The lowest BCUT2D eigenvalue weighted by molar-refractivity contribution is -0.132. The zero-order chi connectivity index (χ0) is 23.1. The van der Waals surface area contributed by atoms with Crippen LogP contribution in [0.2, 0.25) is 0 Å². The van der Waals surface area contributed by atoms with Gasteiger partial charge in [0.05, 0.1) is 0 Å². The van der Waals surface area contributed by atoms with Crippen molar-refractivity contribution >= 4 is 23.2 Å². The minimum atomic E-state index is -0.192. The monoisotopic (exact) mass is 437 g/mol. The Labute approximate surface area is 191 Å². The molecule has 0 aromatic heterocycles. The molecule has 0 atom stereocenters. The van der Waals surface area contributed by atoms with E-state index in [1.54, 1.807) is 0 Å². The van der Waals surface area contributed by atoms with E-state index >= 15 is 0 Å². The summed E-state index contributed by atoms with van der Waals surface area (Å²) in [5.41, 5.74) is 3.08. The van der Waals surface area contributed by atoms with Gasteiger partial charge in [-0.1, -0.05) is 39.8 Å². The van der Waals surface area contributed by atoms with Gasteiger partial charge < -0.3 is 19.9 Å². The van der Waals surface area contributed by atoms with Crippen LogP contribution in [0.25, 0.3) is 0 Å². The summed E-state index contributed by atoms with van der Waals surface area (Å²) in [6, 6.07) is 15.7. The molecule has 3 rings (SSSR count). The highest BCUT2D eigenvalue weighted by Gasteiger charge is 2.21. The quantitative estimate of drug-likeness (QED) is 0.659. The molecular weight excluding hydrogens is 402 g/mol. The molecule has 0 unspecified atom stereocenters. The van der Waals surface area contributed by atoms with E-state index in [0.717, 1.165) is 37.6 Å². The van der Waals surface area contributed by atoms with Crippen LogP contribution in [0.5, 0.6) is 5.75 Å². The van der Waals surface area contributed by atoms with Crippen molar-refractivity contribution in [1.29, 1.82) is 0 Å².